The molecule has 20 heavy (non-hydrogen) atoms. The quantitative estimate of drug-likeness (QED) is 0.831. The Bertz CT molecular complexity index is 450. The first-order valence-corrected chi connectivity index (χ1v) is 7.21. The van der Waals surface area contributed by atoms with Gasteiger partial charge in [-0.25, -0.2) is 0 Å². The van der Waals surface area contributed by atoms with E-state index in [-0.39, 0.29) is 17.9 Å². The summed E-state index contributed by atoms with van der Waals surface area (Å²) in [5.41, 5.74) is 0. The van der Waals surface area contributed by atoms with Gasteiger partial charge in [-0.3, -0.25) is 9.59 Å². The summed E-state index contributed by atoms with van der Waals surface area (Å²) in [6, 6.07) is 3.85. The Morgan fingerprint density at radius 1 is 1.45 bits per heavy atom. The van der Waals surface area contributed by atoms with Gasteiger partial charge in [0.05, 0.1) is 6.26 Å². The van der Waals surface area contributed by atoms with Crippen molar-refractivity contribution in [2.24, 2.45) is 0 Å². The fourth-order valence-corrected chi connectivity index (χ4v) is 2.07. The molecule has 1 N–H and O–H groups in total. The molecule has 1 aromatic rings. The van der Waals surface area contributed by atoms with E-state index >= 15 is 0 Å². The van der Waals surface area contributed by atoms with Gasteiger partial charge in [-0.1, -0.05) is 0 Å². The van der Waals surface area contributed by atoms with Crippen LogP contribution in [0.4, 0.5) is 0 Å². The Hall–Kier alpha value is -1.78. The molecule has 0 unspecified atom stereocenters. The van der Waals surface area contributed by atoms with Crippen LogP contribution in [0, 0.1) is 0 Å². The van der Waals surface area contributed by atoms with Crippen LogP contribution in [0.1, 0.15) is 50.1 Å². The number of hydrogen-bond donors (Lipinski definition) is 1. The van der Waals surface area contributed by atoms with Gasteiger partial charge >= 0.3 is 0 Å². The number of rotatable bonds is 7. The summed E-state index contributed by atoms with van der Waals surface area (Å²) in [7, 11) is 0. The number of nitrogens with zero attached hydrogens (tertiary/aromatic N) is 1. The first-order valence-electron chi connectivity index (χ1n) is 7.21. The van der Waals surface area contributed by atoms with Crippen LogP contribution in [-0.4, -0.2) is 35.3 Å². The van der Waals surface area contributed by atoms with Gasteiger partial charge in [-0.15, -0.1) is 0 Å². The molecule has 1 aliphatic rings. The molecule has 1 fully saturated rings. The summed E-state index contributed by atoms with van der Waals surface area (Å²) in [5, 5.41) is 2.95. The Balaban J connectivity index is 1.79. The monoisotopic (exact) mass is 278 g/mol. The molecule has 110 valence electrons. The molecule has 5 nitrogen and oxygen atoms in total. The van der Waals surface area contributed by atoms with Crippen LogP contribution < -0.4 is 5.32 Å². The third-order valence-electron chi connectivity index (χ3n) is 3.36. The largest absolute Gasteiger partial charge is 0.459 e. The van der Waals surface area contributed by atoms with Crippen LogP contribution in [0.25, 0.3) is 0 Å². The van der Waals surface area contributed by atoms with Crippen LogP contribution in [0.5, 0.6) is 0 Å². The minimum atomic E-state index is -0.118. The number of carbonyl (C=O) groups is 2. The van der Waals surface area contributed by atoms with Crippen molar-refractivity contribution < 1.29 is 14.0 Å². The van der Waals surface area contributed by atoms with Gasteiger partial charge in [0.2, 0.25) is 5.91 Å². The fraction of sp³-hybridized carbons (Fsp3) is 0.600. The minimum Gasteiger partial charge on any atom is -0.459 e. The molecule has 2 amide bonds. The Morgan fingerprint density at radius 2 is 2.20 bits per heavy atom. The average Bonchev–Trinajstić information content (AvgIpc) is 3.04. The Kier molecular flexibility index (Phi) is 4.82. The third-order valence-corrected chi connectivity index (χ3v) is 3.36. The maximum Gasteiger partial charge on any atom is 0.289 e. The van der Waals surface area contributed by atoms with Gasteiger partial charge in [0, 0.05) is 25.0 Å². The molecule has 5 heteroatoms. The van der Waals surface area contributed by atoms with Crippen molar-refractivity contribution in [3.63, 3.8) is 0 Å². The highest BCUT2D eigenvalue weighted by atomic mass is 16.3. The summed E-state index contributed by atoms with van der Waals surface area (Å²) >= 11 is 0. The minimum absolute atomic E-state index is 0.0825. The van der Waals surface area contributed by atoms with Crippen molar-refractivity contribution in [2.45, 2.75) is 51.6 Å². The normalized spacial score (nSPS) is 14.3. The van der Waals surface area contributed by atoms with Crippen LogP contribution >= 0.6 is 0 Å². The lowest BCUT2D eigenvalue weighted by atomic mass is 10.2. The molecular weight excluding hydrogens is 256 g/mol. The van der Waals surface area contributed by atoms with Gasteiger partial charge in [-0.05, 0) is 45.2 Å². The van der Waals surface area contributed by atoms with E-state index in [0.717, 1.165) is 12.8 Å². The lowest BCUT2D eigenvalue weighted by Crippen LogP contribution is -2.38. The summed E-state index contributed by atoms with van der Waals surface area (Å²) in [6.45, 7) is 4.49. The summed E-state index contributed by atoms with van der Waals surface area (Å²) < 4.78 is 5.14. The topological polar surface area (TPSA) is 62.6 Å². The second-order valence-electron chi connectivity index (χ2n) is 5.51. The lowest BCUT2D eigenvalue weighted by Gasteiger charge is -2.25. The third kappa shape index (κ3) is 4.11. The zero-order chi connectivity index (χ0) is 14.5. The highest BCUT2D eigenvalue weighted by molar-refractivity contribution is 5.91. The standard InChI is InChI=1S/C15H22N2O3/c1-11(2)17(15(19)13-5-4-10-20-13)9-3-6-14(18)16-12-7-8-12/h4-5,10-12H,3,6-9H2,1-2H3,(H,16,18). The molecule has 0 atom stereocenters. The van der Waals surface area contributed by atoms with Crippen molar-refractivity contribution in [2.75, 3.05) is 6.54 Å². The fourth-order valence-electron chi connectivity index (χ4n) is 2.07. The van der Waals surface area contributed by atoms with E-state index in [1.807, 2.05) is 13.8 Å². The molecule has 2 rings (SSSR count). The molecule has 1 aromatic heterocycles. The van der Waals surface area contributed by atoms with E-state index in [4.69, 9.17) is 4.42 Å². The molecule has 0 saturated heterocycles. The predicted octanol–water partition coefficient (Wildman–Crippen LogP) is 2.19. The van der Waals surface area contributed by atoms with Gasteiger partial charge < -0.3 is 14.6 Å². The molecule has 0 aromatic carbocycles. The number of amides is 2. The number of nitrogens with one attached hydrogen (secondary N) is 1. The van der Waals surface area contributed by atoms with Crippen LogP contribution in [0.2, 0.25) is 0 Å². The van der Waals surface area contributed by atoms with Crippen molar-refractivity contribution >= 4 is 11.8 Å². The molecule has 0 spiro atoms. The first-order chi connectivity index (χ1) is 9.58. The molecule has 1 saturated carbocycles. The Labute approximate surface area is 119 Å². The summed E-state index contributed by atoms with van der Waals surface area (Å²) in [4.78, 5) is 25.6. The van der Waals surface area contributed by atoms with E-state index in [0.29, 0.717) is 31.2 Å². The van der Waals surface area contributed by atoms with Gasteiger partial charge in [0.25, 0.3) is 5.91 Å². The van der Waals surface area contributed by atoms with E-state index in [1.54, 1.807) is 17.0 Å². The molecule has 0 aliphatic heterocycles. The van der Waals surface area contributed by atoms with E-state index in [9.17, 15) is 9.59 Å². The second kappa shape index (κ2) is 6.59. The molecule has 0 radical (unpaired) electrons. The van der Waals surface area contributed by atoms with Gasteiger partial charge in [-0.2, -0.15) is 0 Å². The smallest absolute Gasteiger partial charge is 0.289 e. The van der Waals surface area contributed by atoms with Gasteiger partial charge in [0.1, 0.15) is 0 Å². The SMILES string of the molecule is CC(C)N(CCCC(=O)NC1CC1)C(=O)c1ccco1. The molecule has 1 aliphatic carbocycles. The average molecular weight is 278 g/mol. The summed E-state index contributed by atoms with van der Waals surface area (Å²) in [6.07, 6.45) is 4.82. The number of furan rings is 1. The van der Waals surface area contributed by atoms with Crippen LogP contribution in [0.15, 0.2) is 22.8 Å². The van der Waals surface area contributed by atoms with E-state index in [2.05, 4.69) is 5.32 Å². The van der Waals surface area contributed by atoms with E-state index in [1.165, 1.54) is 6.26 Å². The van der Waals surface area contributed by atoms with Gasteiger partial charge in [0.15, 0.2) is 5.76 Å². The number of hydrogen-bond acceptors (Lipinski definition) is 3. The second-order valence-corrected chi connectivity index (χ2v) is 5.51. The predicted molar refractivity (Wildman–Crippen MR) is 75.3 cm³/mol. The zero-order valence-electron chi connectivity index (χ0n) is 12.1. The summed E-state index contributed by atoms with van der Waals surface area (Å²) in [5.74, 6) is 0.315. The van der Waals surface area contributed by atoms with Crippen molar-refractivity contribution in [1.82, 2.24) is 10.2 Å². The van der Waals surface area contributed by atoms with Crippen molar-refractivity contribution in [3.8, 4) is 0 Å². The van der Waals surface area contributed by atoms with Crippen LogP contribution in [-0.2, 0) is 4.79 Å². The number of carbonyl (C=O) groups excluding carboxylic acids is 2. The lowest BCUT2D eigenvalue weighted by molar-refractivity contribution is -0.121. The first kappa shape index (κ1) is 14.6. The maximum absolute atomic E-state index is 12.2. The van der Waals surface area contributed by atoms with Crippen molar-refractivity contribution in [1.29, 1.82) is 0 Å². The molecule has 0 bridgehead atoms. The van der Waals surface area contributed by atoms with E-state index < -0.39 is 0 Å². The van der Waals surface area contributed by atoms with Crippen molar-refractivity contribution in [3.05, 3.63) is 24.2 Å². The Morgan fingerprint density at radius 3 is 2.75 bits per heavy atom. The highest BCUT2D eigenvalue weighted by Crippen LogP contribution is 2.18. The highest BCUT2D eigenvalue weighted by Gasteiger charge is 2.24. The van der Waals surface area contributed by atoms with Crippen LogP contribution in [0.3, 0.4) is 0 Å². The zero-order valence-corrected chi connectivity index (χ0v) is 12.1. The molecular formula is C15H22N2O3. The maximum atomic E-state index is 12.2. The molecule has 1 heterocycles.